The summed E-state index contributed by atoms with van der Waals surface area (Å²) in [7, 11) is 0. The fourth-order valence-corrected chi connectivity index (χ4v) is 3.22. The van der Waals surface area contributed by atoms with Gasteiger partial charge in [0.25, 0.3) is 5.91 Å². The van der Waals surface area contributed by atoms with Gasteiger partial charge in [-0.1, -0.05) is 26.0 Å². The van der Waals surface area contributed by atoms with Crippen molar-refractivity contribution in [3.05, 3.63) is 58.8 Å². The molecule has 2 aromatic heterocycles. The number of thiazole rings is 1. The van der Waals surface area contributed by atoms with Crippen LogP contribution in [0.25, 0.3) is 11.3 Å². The summed E-state index contributed by atoms with van der Waals surface area (Å²) in [5.74, 6) is -0.595. The maximum atomic E-state index is 12.7. The molecule has 0 bridgehead atoms. The molecule has 0 radical (unpaired) electrons. The maximum Gasteiger partial charge on any atom is 0.287 e. The third-order valence-corrected chi connectivity index (χ3v) is 4.82. The molecule has 0 aliphatic heterocycles. The van der Waals surface area contributed by atoms with E-state index in [1.807, 2.05) is 50.4 Å². The molecule has 2 heterocycles. The van der Waals surface area contributed by atoms with Crippen molar-refractivity contribution in [2.75, 3.05) is 5.32 Å². The van der Waals surface area contributed by atoms with E-state index >= 15 is 0 Å². The second-order valence-corrected chi connectivity index (χ2v) is 7.55. The highest BCUT2D eigenvalue weighted by Gasteiger charge is 2.25. The van der Waals surface area contributed by atoms with Gasteiger partial charge in [0, 0.05) is 16.6 Å². The fourth-order valence-electron chi connectivity index (χ4n) is 2.60. The first-order valence-corrected chi connectivity index (χ1v) is 9.50. The molecule has 0 spiro atoms. The van der Waals surface area contributed by atoms with Gasteiger partial charge in [-0.15, -0.1) is 11.3 Å². The maximum absolute atomic E-state index is 12.7. The Hall–Kier alpha value is -2.93. The summed E-state index contributed by atoms with van der Waals surface area (Å²) in [6.45, 7) is 5.71. The van der Waals surface area contributed by atoms with Crippen LogP contribution in [0.5, 0.6) is 0 Å². The monoisotopic (exact) mass is 383 g/mol. The molecule has 27 heavy (non-hydrogen) atoms. The molecule has 0 aliphatic carbocycles. The molecule has 3 aromatic rings. The Kier molecular flexibility index (Phi) is 5.71. The first-order valence-electron chi connectivity index (χ1n) is 8.62. The number of carbonyl (C=O) groups is 2. The van der Waals surface area contributed by atoms with Gasteiger partial charge >= 0.3 is 0 Å². The third kappa shape index (κ3) is 4.62. The summed E-state index contributed by atoms with van der Waals surface area (Å²) < 4.78 is 5.08. The van der Waals surface area contributed by atoms with Crippen LogP contribution in [0.1, 0.15) is 29.4 Å². The van der Waals surface area contributed by atoms with E-state index in [1.54, 1.807) is 23.5 Å². The topological polar surface area (TPSA) is 84.2 Å². The van der Waals surface area contributed by atoms with Crippen molar-refractivity contribution in [1.29, 1.82) is 0 Å². The zero-order valence-electron chi connectivity index (χ0n) is 15.4. The summed E-state index contributed by atoms with van der Waals surface area (Å²) in [5.41, 5.74) is 2.57. The average Bonchev–Trinajstić information content (AvgIpc) is 3.31. The number of rotatable bonds is 6. The Morgan fingerprint density at radius 3 is 2.44 bits per heavy atom. The minimum atomic E-state index is -0.677. The van der Waals surface area contributed by atoms with Gasteiger partial charge in [0.1, 0.15) is 6.04 Å². The summed E-state index contributed by atoms with van der Waals surface area (Å²) >= 11 is 1.60. The van der Waals surface area contributed by atoms with E-state index in [0.29, 0.717) is 5.69 Å². The highest BCUT2D eigenvalue weighted by Crippen LogP contribution is 2.23. The second kappa shape index (κ2) is 8.18. The molecule has 3 rings (SSSR count). The second-order valence-electron chi connectivity index (χ2n) is 6.49. The number of nitrogens with one attached hydrogen (secondary N) is 2. The summed E-state index contributed by atoms with van der Waals surface area (Å²) in [6, 6.07) is 9.99. The van der Waals surface area contributed by atoms with Gasteiger partial charge in [-0.05, 0) is 37.1 Å². The minimum absolute atomic E-state index is 0.0823. The van der Waals surface area contributed by atoms with Gasteiger partial charge < -0.3 is 15.1 Å². The Bertz CT molecular complexity index is 914. The van der Waals surface area contributed by atoms with Crippen molar-refractivity contribution < 1.29 is 14.0 Å². The predicted molar refractivity (Wildman–Crippen MR) is 106 cm³/mol. The van der Waals surface area contributed by atoms with Crippen LogP contribution in [-0.2, 0) is 4.79 Å². The number of furan rings is 1. The normalized spacial score (nSPS) is 12.0. The zero-order valence-corrected chi connectivity index (χ0v) is 16.2. The SMILES string of the molecule is Cc1nc(-c2ccc(NC(=O)[C@@H](NC(=O)c3ccco3)C(C)C)cc2)cs1. The number of anilines is 1. The van der Waals surface area contributed by atoms with E-state index in [4.69, 9.17) is 4.42 Å². The van der Waals surface area contributed by atoms with E-state index in [0.717, 1.165) is 16.3 Å². The quantitative estimate of drug-likeness (QED) is 0.671. The molecule has 0 saturated carbocycles. The van der Waals surface area contributed by atoms with Gasteiger partial charge in [-0.25, -0.2) is 4.98 Å². The van der Waals surface area contributed by atoms with Crippen LogP contribution in [0.4, 0.5) is 5.69 Å². The zero-order chi connectivity index (χ0) is 19.4. The van der Waals surface area contributed by atoms with Crippen molar-refractivity contribution in [2.24, 2.45) is 5.92 Å². The summed E-state index contributed by atoms with van der Waals surface area (Å²) in [4.78, 5) is 29.3. The lowest BCUT2D eigenvalue weighted by molar-refractivity contribution is -0.118. The fraction of sp³-hybridized carbons (Fsp3) is 0.250. The molecule has 0 unspecified atom stereocenters. The van der Waals surface area contributed by atoms with Gasteiger partial charge in [0.2, 0.25) is 5.91 Å². The van der Waals surface area contributed by atoms with Gasteiger partial charge in [-0.2, -0.15) is 0 Å². The van der Waals surface area contributed by atoms with Crippen molar-refractivity contribution >= 4 is 28.8 Å². The predicted octanol–water partition coefficient (Wildman–Crippen LogP) is 4.10. The van der Waals surface area contributed by atoms with Crippen LogP contribution in [0.2, 0.25) is 0 Å². The van der Waals surface area contributed by atoms with Crippen LogP contribution in [0, 0.1) is 12.8 Å². The smallest absolute Gasteiger partial charge is 0.287 e. The molecule has 140 valence electrons. The van der Waals surface area contributed by atoms with Crippen LogP contribution < -0.4 is 10.6 Å². The number of nitrogens with zero attached hydrogens (tertiary/aromatic N) is 1. The largest absolute Gasteiger partial charge is 0.459 e. The lowest BCUT2D eigenvalue weighted by Gasteiger charge is -2.21. The highest BCUT2D eigenvalue weighted by molar-refractivity contribution is 7.09. The summed E-state index contributed by atoms with van der Waals surface area (Å²) in [6.07, 6.45) is 1.42. The van der Waals surface area contributed by atoms with Gasteiger partial charge in [0.15, 0.2) is 5.76 Å². The van der Waals surface area contributed by atoms with Crippen molar-refractivity contribution in [3.8, 4) is 11.3 Å². The Morgan fingerprint density at radius 1 is 1.15 bits per heavy atom. The van der Waals surface area contributed by atoms with E-state index in [2.05, 4.69) is 15.6 Å². The molecule has 0 aliphatic rings. The highest BCUT2D eigenvalue weighted by atomic mass is 32.1. The molecular formula is C20H21N3O3S. The lowest BCUT2D eigenvalue weighted by Crippen LogP contribution is -2.47. The first kappa shape index (κ1) is 18.8. The van der Waals surface area contributed by atoms with E-state index in [-0.39, 0.29) is 17.6 Å². The number of aryl methyl sites for hydroxylation is 1. The molecular weight excluding hydrogens is 362 g/mol. The molecule has 0 fully saturated rings. The number of hydrogen-bond acceptors (Lipinski definition) is 5. The first-order chi connectivity index (χ1) is 12.9. The molecule has 1 aromatic carbocycles. The Labute approximate surface area is 161 Å². The minimum Gasteiger partial charge on any atom is -0.459 e. The van der Waals surface area contributed by atoms with Crippen molar-refractivity contribution in [1.82, 2.24) is 10.3 Å². The van der Waals surface area contributed by atoms with Crippen LogP contribution in [-0.4, -0.2) is 22.8 Å². The molecule has 7 heteroatoms. The molecule has 0 saturated heterocycles. The van der Waals surface area contributed by atoms with E-state index < -0.39 is 11.9 Å². The third-order valence-electron chi connectivity index (χ3n) is 4.05. The van der Waals surface area contributed by atoms with Crippen LogP contribution in [0.3, 0.4) is 0 Å². The van der Waals surface area contributed by atoms with E-state index in [1.165, 1.54) is 6.26 Å². The standard InChI is InChI=1S/C20H21N3O3S/c1-12(2)18(23-19(24)17-5-4-10-26-17)20(25)22-15-8-6-14(7-9-15)16-11-27-13(3)21-16/h4-12,18H,1-3H3,(H,22,25)(H,23,24)/t18-/m0/s1. The number of amides is 2. The van der Waals surface area contributed by atoms with Crippen molar-refractivity contribution in [2.45, 2.75) is 26.8 Å². The number of carbonyl (C=O) groups excluding carboxylic acids is 2. The molecule has 2 amide bonds. The average molecular weight is 383 g/mol. The van der Waals surface area contributed by atoms with Gasteiger partial charge in [-0.3, -0.25) is 9.59 Å². The van der Waals surface area contributed by atoms with Crippen molar-refractivity contribution in [3.63, 3.8) is 0 Å². The Balaban J connectivity index is 1.67. The lowest BCUT2D eigenvalue weighted by atomic mass is 10.0. The molecule has 6 nitrogen and oxygen atoms in total. The molecule has 2 N–H and O–H groups in total. The van der Waals surface area contributed by atoms with Crippen LogP contribution in [0.15, 0.2) is 52.5 Å². The Morgan fingerprint density at radius 2 is 1.89 bits per heavy atom. The molecule has 1 atom stereocenters. The summed E-state index contributed by atoms with van der Waals surface area (Å²) in [5, 5.41) is 8.59. The number of aromatic nitrogens is 1. The number of benzene rings is 1. The number of hydrogen-bond donors (Lipinski definition) is 2. The van der Waals surface area contributed by atoms with E-state index in [9.17, 15) is 9.59 Å². The van der Waals surface area contributed by atoms with Crippen LogP contribution >= 0.6 is 11.3 Å². The van der Waals surface area contributed by atoms with Gasteiger partial charge in [0.05, 0.1) is 17.0 Å².